The Morgan fingerprint density at radius 2 is 1.36 bits per heavy atom. The number of nitrogens with two attached hydrogens (primary N) is 2. The van der Waals surface area contributed by atoms with Gasteiger partial charge in [-0.3, -0.25) is 9.78 Å². The van der Waals surface area contributed by atoms with E-state index >= 15 is 0 Å². The molecule has 0 bridgehead atoms. The van der Waals surface area contributed by atoms with Crippen LogP contribution in [0.3, 0.4) is 0 Å². The first-order chi connectivity index (χ1) is 15.3. The van der Waals surface area contributed by atoms with E-state index in [0.717, 1.165) is 11.9 Å². The normalized spacial score (nSPS) is 9.69. The molecule has 7 N–H and O–H groups in total. The Labute approximate surface area is 231 Å². The van der Waals surface area contributed by atoms with Crippen molar-refractivity contribution in [3.63, 3.8) is 0 Å². The molecule has 10 heteroatoms. The van der Waals surface area contributed by atoms with E-state index in [2.05, 4.69) is 70.8 Å². The number of carboxylic acid groups (broad SMARTS) is 2. The quantitative estimate of drug-likeness (QED) is 0.231. The Bertz CT molecular complexity index is 973. The third-order valence-corrected chi connectivity index (χ3v) is 4.22. The summed E-state index contributed by atoms with van der Waals surface area (Å²) < 4.78 is 0. The molecule has 3 rings (SSSR count). The number of hydrogen-bond acceptors (Lipinski definition) is 3. The van der Waals surface area contributed by atoms with Crippen LogP contribution in [0.25, 0.3) is 34.0 Å². The molecular weight excluding hydrogens is 663 g/mol. The SMILES string of the molecule is C.CC(C)(C)CC(C)(C)NC(=O)O.CCC(=O)O.[Cl][Pt].[NH2-].[NH2-].c1ccc2c(c1)cnc1ccccc12. The van der Waals surface area contributed by atoms with Gasteiger partial charge in [-0.15, -0.1) is 0 Å². The van der Waals surface area contributed by atoms with E-state index in [-0.39, 0.29) is 37.1 Å². The molecule has 0 saturated heterocycles. The molecule has 1 aromatic heterocycles. The van der Waals surface area contributed by atoms with Crippen molar-refractivity contribution in [2.75, 3.05) is 0 Å². The summed E-state index contributed by atoms with van der Waals surface area (Å²) in [6, 6.07) is 16.6. The molecular formula is C26H42ClN4O4Pt-2. The smallest absolute Gasteiger partial charge is 0.0708 e. The van der Waals surface area contributed by atoms with Crippen molar-refractivity contribution >= 4 is 43.2 Å². The number of aliphatic carboxylic acids is 1. The van der Waals surface area contributed by atoms with E-state index in [0.29, 0.717) is 0 Å². The molecule has 0 aliphatic heterocycles. The van der Waals surface area contributed by atoms with Gasteiger partial charge in [0.25, 0.3) is 0 Å². The van der Waals surface area contributed by atoms with Crippen molar-refractivity contribution in [1.82, 2.24) is 10.3 Å². The summed E-state index contributed by atoms with van der Waals surface area (Å²) in [6.07, 6.45) is 2.02. The number of para-hydroxylation sites is 1. The Balaban J connectivity index is -0.000000215. The summed E-state index contributed by atoms with van der Waals surface area (Å²) in [6.45, 7) is 11.7. The van der Waals surface area contributed by atoms with Crippen molar-refractivity contribution < 1.29 is 38.6 Å². The first-order valence-corrected chi connectivity index (χ1v) is 13.2. The molecule has 0 atom stereocenters. The fourth-order valence-corrected chi connectivity index (χ4v) is 3.47. The van der Waals surface area contributed by atoms with Crippen LogP contribution in [0.2, 0.25) is 0 Å². The van der Waals surface area contributed by atoms with Gasteiger partial charge in [0.05, 0.1) is 5.52 Å². The van der Waals surface area contributed by atoms with Gasteiger partial charge >= 0.3 is 40.3 Å². The zero-order valence-electron chi connectivity index (χ0n) is 21.1. The van der Waals surface area contributed by atoms with E-state index < -0.39 is 12.1 Å². The largest absolute Gasteiger partial charge is 0.693 e. The molecule has 0 aliphatic carbocycles. The van der Waals surface area contributed by atoms with E-state index in [1.165, 1.54) is 16.2 Å². The van der Waals surface area contributed by atoms with Crippen LogP contribution in [-0.4, -0.2) is 32.8 Å². The van der Waals surface area contributed by atoms with Gasteiger partial charge in [0.1, 0.15) is 0 Å². The van der Waals surface area contributed by atoms with Gasteiger partial charge < -0.3 is 27.8 Å². The predicted octanol–water partition coefficient (Wildman–Crippen LogP) is 9.10. The molecule has 0 radical (unpaired) electrons. The maximum Gasteiger partial charge on any atom is 0.0708 e. The van der Waals surface area contributed by atoms with Crippen LogP contribution in [0, 0.1) is 5.41 Å². The number of halogens is 1. The Kier molecular flexibility index (Phi) is 22.6. The topological polar surface area (TPSA) is 167 Å². The van der Waals surface area contributed by atoms with Crippen LogP contribution in [0.5, 0.6) is 0 Å². The molecule has 3 aromatic rings. The number of pyridine rings is 1. The van der Waals surface area contributed by atoms with Crippen molar-refractivity contribution in [3.05, 3.63) is 67.0 Å². The molecule has 0 spiro atoms. The van der Waals surface area contributed by atoms with Gasteiger partial charge in [-0.25, -0.2) is 4.79 Å². The number of carboxylic acids is 1. The molecule has 8 nitrogen and oxygen atoms in total. The molecule has 209 valence electrons. The summed E-state index contributed by atoms with van der Waals surface area (Å²) >= 11 is 1.61. The summed E-state index contributed by atoms with van der Waals surface area (Å²) in [5.74, 6) is -0.745. The van der Waals surface area contributed by atoms with Crippen molar-refractivity contribution in [1.29, 1.82) is 0 Å². The van der Waals surface area contributed by atoms with Gasteiger partial charge in [-0.1, -0.05) is 77.6 Å². The minimum Gasteiger partial charge on any atom is -0.693 e. The van der Waals surface area contributed by atoms with Gasteiger partial charge in [-0.05, 0) is 37.1 Å². The van der Waals surface area contributed by atoms with Gasteiger partial charge in [0, 0.05) is 28.9 Å². The van der Waals surface area contributed by atoms with Gasteiger partial charge in [0.15, 0.2) is 0 Å². The number of benzene rings is 2. The Morgan fingerprint density at radius 3 is 1.81 bits per heavy atom. The molecule has 36 heavy (non-hydrogen) atoms. The monoisotopic (exact) mass is 704 g/mol. The van der Waals surface area contributed by atoms with Crippen molar-refractivity contribution in [2.24, 2.45) is 5.41 Å². The number of nitrogens with one attached hydrogen (secondary N) is 1. The van der Waals surface area contributed by atoms with Crippen LogP contribution < -0.4 is 5.32 Å². The second-order valence-electron chi connectivity index (χ2n) is 9.16. The third kappa shape index (κ3) is 17.2. The van der Waals surface area contributed by atoms with Crippen molar-refractivity contribution in [3.8, 4) is 0 Å². The average molecular weight is 705 g/mol. The molecule has 1 heterocycles. The molecule has 1 amide bonds. The molecule has 0 unspecified atom stereocenters. The molecule has 0 aliphatic rings. The van der Waals surface area contributed by atoms with Crippen LogP contribution in [0.1, 0.15) is 61.8 Å². The van der Waals surface area contributed by atoms with Crippen LogP contribution in [0.15, 0.2) is 54.7 Å². The van der Waals surface area contributed by atoms with Crippen LogP contribution in [-0.2, 0) is 23.6 Å². The van der Waals surface area contributed by atoms with E-state index in [1.807, 2.05) is 38.2 Å². The van der Waals surface area contributed by atoms with Crippen molar-refractivity contribution in [2.45, 2.75) is 67.3 Å². The van der Waals surface area contributed by atoms with Crippen LogP contribution >= 0.6 is 9.42 Å². The minimum atomic E-state index is -0.954. The molecule has 2 aromatic carbocycles. The summed E-state index contributed by atoms with van der Waals surface area (Å²) in [7, 11) is 4.61. The van der Waals surface area contributed by atoms with Gasteiger partial charge in [-0.2, -0.15) is 0 Å². The zero-order chi connectivity index (χ0) is 25.7. The van der Waals surface area contributed by atoms with Crippen LogP contribution in [0.4, 0.5) is 4.79 Å². The third-order valence-electron chi connectivity index (χ3n) is 4.22. The molecule has 0 saturated carbocycles. The fraction of sp³-hybridized carbons (Fsp3) is 0.423. The number of aromatic nitrogens is 1. The second kappa shape index (κ2) is 19.9. The predicted molar refractivity (Wildman–Crippen MR) is 150 cm³/mol. The van der Waals surface area contributed by atoms with E-state index in [9.17, 15) is 9.59 Å². The van der Waals surface area contributed by atoms with E-state index in [1.54, 1.807) is 25.7 Å². The zero-order valence-corrected chi connectivity index (χ0v) is 24.1. The number of fused-ring (bicyclic) bond motifs is 3. The van der Waals surface area contributed by atoms with E-state index in [4.69, 9.17) is 10.2 Å². The maximum atomic E-state index is 10.4. The summed E-state index contributed by atoms with van der Waals surface area (Å²) in [5.41, 5.74) is 0.863. The number of nitrogens with zero attached hydrogens (tertiary/aromatic N) is 1. The molecule has 0 fully saturated rings. The minimum absolute atomic E-state index is 0. The standard InChI is InChI=1S/C13H9N.C9H19NO2.C3H6O2.CH4.ClH.2H2N.Pt/c1-2-6-11-10(5-1)9-14-13-8-4-3-7-12(11)13;1-8(2,3)6-9(4,5)10-7(11)12;1-2-3(4)5;;;;;/h1-9H;10H,6H2,1-5H3,(H,11,12);2H2,1H3,(H,4,5);1H4;1H;2*1H2;/q;;;;;2*-1;+1/p-1. The first kappa shape index (κ1) is 40.9. The maximum absolute atomic E-state index is 10.4. The number of carbonyl (C=O) groups is 2. The second-order valence-corrected chi connectivity index (χ2v) is 9.16. The number of amides is 1. The first-order valence-electron chi connectivity index (χ1n) is 10.4. The Hall–Kier alpha value is -2.25. The fourth-order valence-electron chi connectivity index (χ4n) is 3.47. The summed E-state index contributed by atoms with van der Waals surface area (Å²) in [4.78, 5) is 24.2. The Morgan fingerprint density at radius 1 is 0.917 bits per heavy atom. The average Bonchev–Trinajstić information content (AvgIpc) is 2.73. The number of rotatable bonds is 3. The van der Waals surface area contributed by atoms with Gasteiger partial charge in [0.2, 0.25) is 0 Å². The summed E-state index contributed by atoms with van der Waals surface area (Å²) in [5, 5.41) is 22.5. The number of hydrogen-bond donors (Lipinski definition) is 3.